The number of nitrogens with one attached hydrogen (secondary N) is 1. The van der Waals surface area contributed by atoms with Crippen LogP contribution in [0.25, 0.3) is 0 Å². The van der Waals surface area contributed by atoms with Gasteiger partial charge in [-0.25, -0.2) is 0 Å². The highest BCUT2D eigenvalue weighted by Crippen LogP contribution is 2.21. The maximum absolute atomic E-state index is 12.2. The number of carbonyl (C=O) groups is 1. The molecule has 3 nitrogen and oxygen atoms in total. The van der Waals surface area contributed by atoms with Crippen molar-refractivity contribution in [3.05, 3.63) is 58.7 Å². The number of rotatable bonds is 2. The van der Waals surface area contributed by atoms with E-state index in [0.29, 0.717) is 11.1 Å². The van der Waals surface area contributed by atoms with Gasteiger partial charge in [0.25, 0.3) is 5.91 Å². The van der Waals surface area contributed by atoms with Gasteiger partial charge in [-0.1, -0.05) is 12.1 Å². The summed E-state index contributed by atoms with van der Waals surface area (Å²) < 4.78 is 0. The molecule has 2 rings (SSSR count). The van der Waals surface area contributed by atoms with Crippen molar-refractivity contribution in [2.75, 3.05) is 5.32 Å². The van der Waals surface area contributed by atoms with Gasteiger partial charge in [0.2, 0.25) is 0 Å². The molecule has 0 aromatic heterocycles. The molecule has 0 spiro atoms. The fourth-order valence-corrected chi connectivity index (χ4v) is 2.11. The number of aromatic hydroxyl groups is 1. The molecule has 0 fully saturated rings. The molecule has 0 aliphatic carbocycles. The van der Waals surface area contributed by atoms with E-state index in [4.69, 9.17) is 0 Å². The summed E-state index contributed by atoms with van der Waals surface area (Å²) in [7, 11) is 0. The summed E-state index contributed by atoms with van der Waals surface area (Å²) in [4.78, 5) is 12.2. The van der Waals surface area contributed by atoms with Gasteiger partial charge in [-0.15, -0.1) is 0 Å². The molecule has 19 heavy (non-hydrogen) atoms. The Morgan fingerprint density at radius 1 is 1.05 bits per heavy atom. The van der Waals surface area contributed by atoms with Crippen LogP contribution < -0.4 is 5.32 Å². The van der Waals surface area contributed by atoms with Crippen LogP contribution in [0, 0.1) is 20.8 Å². The molecule has 0 saturated heterocycles. The van der Waals surface area contributed by atoms with Gasteiger partial charge in [-0.05, 0) is 56.2 Å². The van der Waals surface area contributed by atoms with Crippen molar-refractivity contribution in [3.8, 4) is 5.75 Å². The molecule has 0 unspecified atom stereocenters. The van der Waals surface area contributed by atoms with Crippen molar-refractivity contribution in [1.82, 2.24) is 0 Å². The molecule has 0 aliphatic heterocycles. The second kappa shape index (κ2) is 5.14. The lowest BCUT2D eigenvalue weighted by atomic mass is 10.1. The average molecular weight is 255 g/mol. The lowest BCUT2D eigenvalue weighted by Crippen LogP contribution is -2.13. The Bertz CT molecular complexity index is 612. The Morgan fingerprint density at radius 3 is 2.32 bits per heavy atom. The van der Waals surface area contributed by atoms with Gasteiger partial charge in [-0.2, -0.15) is 0 Å². The third-order valence-corrected chi connectivity index (χ3v) is 3.03. The van der Waals surface area contributed by atoms with Crippen LogP contribution in [0.2, 0.25) is 0 Å². The molecular formula is C16H17NO2. The summed E-state index contributed by atoms with van der Waals surface area (Å²) in [6, 6.07) is 10.8. The van der Waals surface area contributed by atoms with E-state index in [-0.39, 0.29) is 11.7 Å². The fraction of sp³-hybridized carbons (Fsp3) is 0.188. The van der Waals surface area contributed by atoms with Gasteiger partial charge in [0.15, 0.2) is 0 Å². The molecule has 98 valence electrons. The molecule has 3 heteroatoms. The van der Waals surface area contributed by atoms with Crippen LogP contribution in [-0.4, -0.2) is 11.0 Å². The van der Waals surface area contributed by atoms with Crippen molar-refractivity contribution >= 4 is 11.6 Å². The van der Waals surface area contributed by atoms with Crippen LogP contribution in [0.4, 0.5) is 5.69 Å². The standard InChI is InChI=1S/C16H17NO2/c1-10-7-11(2)9-13(8-10)17-16(19)14-5-4-6-15(18)12(14)3/h4-9,18H,1-3H3,(H,17,19). The number of aryl methyl sites for hydroxylation is 2. The number of phenolic OH excluding ortho intramolecular Hbond substituents is 1. The zero-order valence-corrected chi connectivity index (χ0v) is 11.3. The summed E-state index contributed by atoms with van der Waals surface area (Å²) in [6.07, 6.45) is 0. The largest absolute Gasteiger partial charge is 0.508 e. The third kappa shape index (κ3) is 2.94. The first-order valence-electron chi connectivity index (χ1n) is 6.15. The summed E-state index contributed by atoms with van der Waals surface area (Å²) >= 11 is 0. The number of amides is 1. The number of phenols is 1. The minimum atomic E-state index is -0.210. The number of hydrogen-bond donors (Lipinski definition) is 2. The van der Waals surface area contributed by atoms with Crippen molar-refractivity contribution < 1.29 is 9.90 Å². The number of hydrogen-bond acceptors (Lipinski definition) is 2. The number of benzene rings is 2. The summed E-state index contributed by atoms with van der Waals surface area (Å²) in [5.74, 6) is -0.0773. The Hall–Kier alpha value is -2.29. The van der Waals surface area contributed by atoms with E-state index in [0.717, 1.165) is 16.8 Å². The second-order valence-corrected chi connectivity index (χ2v) is 4.78. The first kappa shape index (κ1) is 13.1. The fourth-order valence-electron chi connectivity index (χ4n) is 2.11. The van der Waals surface area contributed by atoms with Crippen LogP contribution in [0.15, 0.2) is 36.4 Å². The molecule has 0 bridgehead atoms. The highest BCUT2D eigenvalue weighted by atomic mass is 16.3. The van der Waals surface area contributed by atoms with E-state index in [9.17, 15) is 9.90 Å². The highest BCUT2D eigenvalue weighted by molar-refractivity contribution is 6.05. The van der Waals surface area contributed by atoms with Crippen LogP contribution in [0.3, 0.4) is 0 Å². The van der Waals surface area contributed by atoms with E-state index in [1.54, 1.807) is 25.1 Å². The predicted octanol–water partition coefficient (Wildman–Crippen LogP) is 3.57. The van der Waals surface area contributed by atoms with Crippen LogP contribution in [0.5, 0.6) is 5.75 Å². The lowest BCUT2D eigenvalue weighted by Gasteiger charge is -2.10. The molecule has 0 radical (unpaired) electrons. The molecule has 0 heterocycles. The maximum atomic E-state index is 12.2. The Labute approximate surface area is 112 Å². The monoisotopic (exact) mass is 255 g/mol. The molecule has 2 aromatic carbocycles. The number of anilines is 1. The van der Waals surface area contributed by atoms with Gasteiger partial charge in [-0.3, -0.25) is 4.79 Å². The minimum absolute atomic E-state index is 0.132. The molecule has 2 aromatic rings. The SMILES string of the molecule is Cc1cc(C)cc(NC(=O)c2cccc(O)c2C)c1. The van der Waals surface area contributed by atoms with Crippen molar-refractivity contribution in [3.63, 3.8) is 0 Å². The predicted molar refractivity (Wildman–Crippen MR) is 76.7 cm³/mol. The summed E-state index contributed by atoms with van der Waals surface area (Å²) in [6.45, 7) is 5.70. The number of carbonyl (C=O) groups excluding carboxylic acids is 1. The van der Waals surface area contributed by atoms with Gasteiger partial charge >= 0.3 is 0 Å². The summed E-state index contributed by atoms with van der Waals surface area (Å²) in [5, 5.41) is 12.5. The van der Waals surface area contributed by atoms with E-state index >= 15 is 0 Å². The van der Waals surface area contributed by atoms with E-state index in [1.165, 1.54) is 0 Å². The van der Waals surface area contributed by atoms with E-state index in [1.807, 2.05) is 26.0 Å². The zero-order chi connectivity index (χ0) is 14.0. The van der Waals surface area contributed by atoms with Gasteiger partial charge in [0.1, 0.15) is 5.75 Å². The summed E-state index contributed by atoms with van der Waals surface area (Å²) in [5.41, 5.74) is 4.04. The van der Waals surface area contributed by atoms with Crippen molar-refractivity contribution in [1.29, 1.82) is 0 Å². The molecule has 0 atom stereocenters. The Kier molecular flexibility index (Phi) is 3.56. The third-order valence-electron chi connectivity index (χ3n) is 3.03. The highest BCUT2D eigenvalue weighted by Gasteiger charge is 2.11. The molecular weight excluding hydrogens is 238 g/mol. The van der Waals surface area contributed by atoms with Crippen LogP contribution >= 0.6 is 0 Å². The Morgan fingerprint density at radius 2 is 1.68 bits per heavy atom. The van der Waals surface area contributed by atoms with E-state index in [2.05, 4.69) is 11.4 Å². The van der Waals surface area contributed by atoms with Crippen molar-refractivity contribution in [2.45, 2.75) is 20.8 Å². The molecule has 1 amide bonds. The lowest BCUT2D eigenvalue weighted by molar-refractivity contribution is 0.102. The molecule has 0 saturated carbocycles. The average Bonchev–Trinajstić information content (AvgIpc) is 2.31. The normalized spacial score (nSPS) is 10.3. The van der Waals surface area contributed by atoms with Gasteiger partial charge in [0, 0.05) is 16.8 Å². The molecule has 2 N–H and O–H groups in total. The zero-order valence-electron chi connectivity index (χ0n) is 11.3. The first-order valence-corrected chi connectivity index (χ1v) is 6.15. The van der Waals surface area contributed by atoms with Crippen molar-refractivity contribution in [2.24, 2.45) is 0 Å². The van der Waals surface area contributed by atoms with E-state index < -0.39 is 0 Å². The second-order valence-electron chi connectivity index (χ2n) is 4.78. The topological polar surface area (TPSA) is 49.3 Å². The molecule has 0 aliphatic rings. The van der Waals surface area contributed by atoms with Gasteiger partial charge in [0.05, 0.1) is 0 Å². The quantitative estimate of drug-likeness (QED) is 0.861. The first-order chi connectivity index (χ1) is 8.97. The smallest absolute Gasteiger partial charge is 0.256 e. The minimum Gasteiger partial charge on any atom is -0.508 e. The van der Waals surface area contributed by atoms with Crippen LogP contribution in [0.1, 0.15) is 27.0 Å². The van der Waals surface area contributed by atoms with Gasteiger partial charge < -0.3 is 10.4 Å². The van der Waals surface area contributed by atoms with Crippen LogP contribution in [-0.2, 0) is 0 Å². The maximum Gasteiger partial charge on any atom is 0.256 e. The Balaban J connectivity index is 2.28.